The minimum absolute atomic E-state index is 0.109. The van der Waals surface area contributed by atoms with Crippen LogP contribution in [0, 0.1) is 23.2 Å². The predicted molar refractivity (Wildman–Crippen MR) is 97.8 cm³/mol. The molecule has 2 aliphatic rings. The molecule has 0 radical (unpaired) electrons. The first-order chi connectivity index (χ1) is 14.2. The van der Waals surface area contributed by atoms with Gasteiger partial charge in [0.1, 0.15) is 11.5 Å². The van der Waals surface area contributed by atoms with E-state index in [0.29, 0.717) is 36.1 Å². The predicted octanol–water partition coefficient (Wildman–Crippen LogP) is 4.85. The summed E-state index contributed by atoms with van der Waals surface area (Å²) < 4.78 is 67.9. The first-order valence-corrected chi connectivity index (χ1v) is 9.30. The number of benzene rings is 1. The highest BCUT2D eigenvalue weighted by molar-refractivity contribution is 6.31. The molecule has 2 aromatic rings. The van der Waals surface area contributed by atoms with Gasteiger partial charge in [-0.2, -0.15) is 22.8 Å². The summed E-state index contributed by atoms with van der Waals surface area (Å²) >= 11 is 5.53. The number of halogens is 6. The Hall–Kier alpha value is -2.93. The van der Waals surface area contributed by atoms with Gasteiger partial charge in [0.2, 0.25) is 11.9 Å². The highest BCUT2D eigenvalue weighted by Crippen LogP contribution is 2.44. The second kappa shape index (κ2) is 7.40. The smallest absolute Gasteiger partial charge is 0.331 e. The van der Waals surface area contributed by atoms with E-state index in [1.165, 1.54) is 6.20 Å². The van der Waals surface area contributed by atoms with Crippen LogP contribution in [0.25, 0.3) is 0 Å². The minimum Gasteiger partial charge on any atom is -0.331 e. The van der Waals surface area contributed by atoms with Crippen molar-refractivity contribution in [2.75, 3.05) is 0 Å². The number of nitrogens with one attached hydrogen (secondary N) is 1. The Labute approximate surface area is 172 Å². The first kappa shape index (κ1) is 20.3. The molecule has 4 rings (SSSR count). The van der Waals surface area contributed by atoms with Gasteiger partial charge in [0.25, 0.3) is 0 Å². The van der Waals surface area contributed by atoms with Crippen molar-refractivity contribution in [1.29, 1.82) is 5.26 Å². The van der Waals surface area contributed by atoms with Crippen molar-refractivity contribution >= 4 is 23.2 Å². The van der Waals surface area contributed by atoms with Gasteiger partial charge in [0, 0.05) is 17.8 Å². The number of fused-ring (bicyclic) bond motifs is 4. The molecule has 0 saturated carbocycles. The van der Waals surface area contributed by atoms with Gasteiger partial charge >= 0.3 is 6.18 Å². The van der Waals surface area contributed by atoms with Crippen LogP contribution in [-0.2, 0) is 12.6 Å². The standard InChI is InChI=1S/C19H13ClF5N5/c20-13-7-14(21)15(6-12(13)19(23,24)25)29-18(28-8-26)30-9-1-2-16(30)10-3-4-27-17(22)11(10)5-9/h3-4,6-7,9,16H,1-2,5H2,(H,28,29). The number of aromatic nitrogens is 1. The minimum atomic E-state index is -4.80. The average Bonchev–Trinajstić information content (AvgIpc) is 2.97. The van der Waals surface area contributed by atoms with Gasteiger partial charge in [0.15, 0.2) is 6.19 Å². The van der Waals surface area contributed by atoms with E-state index in [1.54, 1.807) is 17.2 Å². The molecule has 1 N–H and O–H groups in total. The lowest BCUT2D eigenvalue weighted by Crippen LogP contribution is -2.47. The first-order valence-electron chi connectivity index (χ1n) is 8.92. The molecule has 2 bridgehead atoms. The number of nitriles is 1. The Bertz CT molecular complexity index is 1080. The van der Waals surface area contributed by atoms with E-state index in [1.807, 2.05) is 0 Å². The number of pyridine rings is 1. The fourth-order valence-corrected chi connectivity index (χ4v) is 4.35. The number of rotatable bonds is 1. The third-order valence-corrected chi connectivity index (χ3v) is 5.63. The van der Waals surface area contributed by atoms with E-state index in [2.05, 4.69) is 15.3 Å². The maximum absolute atomic E-state index is 14.3. The van der Waals surface area contributed by atoms with Crippen LogP contribution >= 0.6 is 11.6 Å². The number of alkyl halides is 3. The molecule has 1 aromatic heterocycles. The summed E-state index contributed by atoms with van der Waals surface area (Å²) in [7, 11) is 0. The number of hydrogen-bond donors (Lipinski definition) is 1. The largest absolute Gasteiger partial charge is 0.417 e. The quantitative estimate of drug-likeness (QED) is 0.171. The topological polar surface area (TPSA) is 64.3 Å². The maximum atomic E-state index is 14.3. The molecular weight excluding hydrogens is 429 g/mol. The molecule has 1 aromatic carbocycles. The monoisotopic (exact) mass is 441 g/mol. The molecule has 3 heterocycles. The van der Waals surface area contributed by atoms with Crippen LogP contribution < -0.4 is 5.32 Å². The van der Waals surface area contributed by atoms with Gasteiger partial charge in [-0.05, 0) is 43.0 Å². The molecule has 0 aliphatic carbocycles. The molecule has 30 heavy (non-hydrogen) atoms. The normalized spacial score (nSPS) is 20.7. The fourth-order valence-electron chi connectivity index (χ4n) is 4.09. The van der Waals surface area contributed by atoms with Crippen LogP contribution in [0.3, 0.4) is 0 Å². The van der Waals surface area contributed by atoms with Crippen molar-refractivity contribution in [1.82, 2.24) is 15.2 Å². The number of hydrogen-bond acceptors (Lipinski definition) is 3. The number of aliphatic imine (C=N–C) groups is 1. The molecule has 2 unspecified atom stereocenters. The van der Waals surface area contributed by atoms with Crippen molar-refractivity contribution < 1.29 is 22.0 Å². The summed E-state index contributed by atoms with van der Waals surface area (Å²) in [5.74, 6) is -1.75. The summed E-state index contributed by atoms with van der Waals surface area (Å²) in [6.07, 6.45) is -0.245. The molecule has 0 spiro atoms. The molecule has 2 atom stereocenters. The van der Waals surface area contributed by atoms with Crippen LogP contribution in [0.1, 0.15) is 35.6 Å². The van der Waals surface area contributed by atoms with E-state index in [0.717, 1.165) is 0 Å². The zero-order valence-corrected chi connectivity index (χ0v) is 15.9. The average molecular weight is 442 g/mol. The Kier molecular flexibility index (Phi) is 5.02. The van der Waals surface area contributed by atoms with Gasteiger partial charge in [-0.3, -0.25) is 5.32 Å². The summed E-state index contributed by atoms with van der Waals surface area (Å²) in [4.78, 5) is 9.34. The Morgan fingerprint density at radius 2 is 2.07 bits per heavy atom. The lowest BCUT2D eigenvalue weighted by molar-refractivity contribution is -0.137. The molecule has 5 nitrogen and oxygen atoms in total. The Balaban J connectivity index is 1.80. The molecule has 2 aliphatic heterocycles. The second-order valence-electron chi connectivity index (χ2n) is 6.98. The zero-order chi connectivity index (χ0) is 21.6. The summed E-state index contributed by atoms with van der Waals surface area (Å²) in [6, 6.07) is 2.06. The van der Waals surface area contributed by atoms with E-state index in [9.17, 15) is 22.0 Å². The molecule has 156 valence electrons. The summed E-state index contributed by atoms with van der Waals surface area (Å²) in [6.45, 7) is 0. The summed E-state index contributed by atoms with van der Waals surface area (Å²) in [5, 5.41) is 10.7. The maximum Gasteiger partial charge on any atom is 0.417 e. The van der Waals surface area contributed by atoms with E-state index in [-0.39, 0.29) is 24.5 Å². The Morgan fingerprint density at radius 1 is 1.30 bits per heavy atom. The third kappa shape index (κ3) is 3.43. The SMILES string of the molecule is N#CNC(=Nc1cc(C(F)(F)F)c(Cl)cc1F)N1C2CCC1c1ccnc(F)c1C2. The van der Waals surface area contributed by atoms with E-state index in [4.69, 9.17) is 16.9 Å². The van der Waals surface area contributed by atoms with Crippen LogP contribution in [0.5, 0.6) is 0 Å². The van der Waals surface area contributed by atoms with Gasteiger partial charge in [-0.1, -0.05) is 11.6 Å². The fraction of sp³-hybridized carbons (Fsp3) is 0.316. The van der Waals surface area contributed by atoms with Crippen molar-refractivity contribution in [3.05, 3.63) is 57.9 Å². The van der Waals surface area contributed by atoms with Gasteiger partial charge in [0.05, 0.1) is 16.6 Å². The summed E-state index contributed by atoms with van der Waals surface area (Å²) in [5.41, 5.74) is -0.720. The molecule has 0 amide bonds. The number of nitrogens with zero attached hydrogens (tertiary/aromatic N) is 4. The Morgan fingerprint density at radius 3 is 2.77 bits per heavy atom. The van der Waals surface area contributed by atoms with Gasteiger partial charge in [-0.15, -0.1) is 0 Å². The lowest BCUT2D eigenvalue weighted by atomic mass is 9.95. The van der Waals surface area contributed by atoms with Crippen molar-refractivity contribution in [2.24, 2.45) is 4.99 Å². The van der Waals surface area contributed by atoms with Crippen LogP contribution in [0.2, 0.25) is 5.02 Å². The van der Waals surface area contributed by atoms with Crippen molar-refractivity contribution in [3.63, 3.8) is 0 Å². The van der Waals surface area contributed by atoms with Crippen molar-refractivity contribution in [2.45, 2.75) is 37.5 Å². The molecule has 1 saturated heterocycles. The van der Waals surface area contributed by atoms with E-state index >= 15 is 0 Å². The van der Waals surface area contributed by atoms with E-state index < -0.39 is 34.2 Å². The molecule has 1 fully saturated rings. The second-order valence-corrected chi connectivity index (χ2v) is 7.39. The molecular formula is C19H13ClF5N5. The van der Waals surface area contributed by atoms with Gasteiger partial charge in [-0.25, -0.2) is 14.4 Å². The lowest BCUT2D eigenvalue weighted by Gasteiger charge is -2.37. The molecule has 11 heteroatoms. The van der Waals surface area contributed by atoms with Crippen molar-refractivity contribution in [3.8, 4) is 6.19 Å². The number of guanidine groups is 1. The van der Waals surface area contributed by atoms with Gasteiger partial charge < -0.3 is 4.90 Å². The zero-order valence-electron chi connectivity index (χ0n) is 15.1. The highest BCUT2D eigenvalue weighted by atomic mass is 35.5. The van der Waals surface area contributed by atoms with Crippen LogP contribution in [0.15, 0.2) is 29.4 Å². The van der Waals surface area contributed by atoms with Crippen LogP contribution in [0.4, 0.5) is 27.6 Å². The third-order valence-electron chi connectivity index (χ3n) is 5.32. The van der Waals surface area contributed by atoms with Crippen LogP contribution in [-0.4, -0.2) is 21.9 Å². The highest BCUT2D eigenvalue weighted by Gasteiger charge is 2.43.